The molecule has 1 saturated carbocycles. The summed E-state index contributed by atoms with van der Waals surface area (Å²) in [6.07, 6.45) is 2.71. The van der Waals surface area contributed by atoms with E-state index in [0.29, 0.717) is 32.0 Å². The van der Waals surface area contributed by atoms with Crippen LogP contribution in [0.25, 0.3) is 16.9 Å². The maximum Gasteiger partial charge on any atom is 0.290 e. The third kappa shape index (κ3) is 4.42. The van der Waals surface area contributed by atoms with Crippen LogP contribution in [0.15, 0.2) is 42.5 Å². The van der Waals surface area contributed by atoms with Crippen LogP contribution in [0.2, 0.25) is 15.1 Å². The molecule has 4 rings (SSSR count). The topological polar surface area (TPSA) is 76.0 Å². The van der Waals surface area contributed by atoms with Crippen molar-refractivity contribution in [2.75, 3.05) is 0 Å². The minimum Gasteiger partial charge on any atom is -0.273 e. The van der Waals surface area contributed by atoms with Gasteiger partial charge in [-0.05, 0) is 50.1 Å². The van der Waals surface area contributed by atoms with E-state index in [4.69, 9.17) is 34.8 Å². The van der Waals surface area contributed by atoms with Crippen molar-refractivity contribution in [2.24, 2.45) is 5.92 Å². The van der Waals surface area contributed by atoms with Crippen LogP contribution in [-0.2, 0) is 4.79 Å². The molecule has 0 spiro atoms. The van der Waals surface area contributed by atoms with Crippen molar-refractivity contribution < 1.29 is 9.59 Å². The number of benzene rings is 2. The number of hydrogen-bond donors (Lipinski definition) is 2. The Labute approximate surface area is 194 Å². The normalized spacial score (nSPS) is 13.5. The van der Waals surface area contributed by atoms with E-state index in [1.54, 1.807) is 41.9 Å². The summed E-state index contributed by atoms with van der Waals surface area (Å²) >= 11 is 18.5. The van der Waals surface area contributed by atoms with Gasteiger partial charge in [0.2, 0.25) is 5.91 Å². The fourth-order valence-corrected chi connectivity index (χ4v) is 4.05. The van der Waals surface area contributed by atoms with Crippen LogP contribution in [0.4, 0.5) is 0 Å². The first-order valence-electron chi connectivity index (χ1n) is 9.76. The second-order valence-electron chi connectivity index (χ2n) is 7.41. The highest BCUT2D eigenvalue weighted by molar-refractivity contribution is 6.35. The van der Waals surface area contributed by atoms with Gasteiger partial charge in [0.1, 0.15) is 0 Å². The van der Waals surface area contributed by atoms with E-state index in [-0.39, 0.29) is 17.5 Å². The zero-order chi connectivity index (χ0) is 22.1. The second-order valence-corrected chi connectivity index (χ2v) is 8.69. The summed E-state index contributed by atoms with van der Waals surface area (Å²) in [7, 11) is 0. The van der Waals surface area contributed by atoms with E-state index in [2.05, 4.69) is 16.0 Å². The molecule has 6 nitrogen and oxygen atoms in total. The lowest BCUT2D eigenvalue weighted by Gasteiger charge is -2.23. The molecule has 0 radical (unpaired) electrons. The van der Waals surface area contributed by atoms with E-state index < -0.39 is 5.91 Å². The van der Waals surface area contributed by atoms with Gasteiger partial charge in [-0.25, -0.2) is 4.68 Å². The first kappa shape index (κ1) is 21.7. The molecule has 2 amide bonds. The molecular weight excluding hydrogens is 459 g/mol. The zero-order valence-corrected chi connectivity index (χ0v) is 18.9. The number of nitrogens with one attached hydrogen (secondary N) is 2. The van der Waals surface area contributed by atoms with Crippen LogP contribution >= 0.6 is 34.8 Å². The molecule has 0 bridgehead atoms. The van der Waals surface area contributed by atoms with Gasteiger partial charge >= 0.3 is 0 Å². The minimum atomic E-state index is -0.510. The quantitative estimate of drug-likeness (QED) is 0.496. The Kier molecular flexibility index (Phi) is 6.23. The lowest BCUT2D eigenvalue weighted by Crippen LogP contribution is -2.46. The number of hydrogen-bond acceptors (Lipinski definition) is 3. The van der Waals surface area contributed by atoms with Gasteiger partial charge in [-0.1, -0.05) is 53.4 Å². The van der Waals surface area contributed by atoms with Crippen molar-refractivity contribution in [3.05, 3.63) is 68.8 Å². The van der Waals surface area contributed by atoms with Gasteiger partial charge in [0.05, 0.1) is 16.4 Å². The predicted molar refractivity (Wildman–Crippen MR) is 122 cm³/mol. The van der Waals surface area contributed by atoms with E-state index in [1.807, 2.05) is 12.1 Å². The summed E-state index contributed by atoms with van der Waals surface area (Å²) in [5, 5.41) is 5.98. The van der Waals surface area contributed by atoms with Gasteiger partial charge in [-0.2, -0.15) is 5.10 Å². The van der Waals surface area contributed by atoms with Crippen molar-refractivity contribution in [3.8, 4) is 16.9 Å². The van der Waals surface area contributed by atoms with Crippen molar-refractivity contribution in [3.63, 3.8) is 0 Å². The van der Waals surface area contributed by atoms with Gasteiger partial charge in [-0.15, -0.1) is 0 Å². The summed E-state index contributed by atoms with van der Waals surface area (Å²) in [6, 6.07) is 12.2. The van der Waals surface area contributed by atoms with E-state index in [9.17, 15) is 9.59 Å². The third-order valence-electron chi connectivity index (χ3n) is 5.37. The average molecular weight is 478 g/mol. The molecule has 2 aromatic carbocycles. The van der Waals surface area contributed by atoms with Crippen LogP contribution in [0.3, 0.4) is 0 Å². The smallest absolute Gasteiger partial charge is 0.273 e. The second kappa shape index (κ2) is 8.91. The zero-order valence-electron chi connectivity index (χ0n) is 16.6. The molecule has 9 heteroatoms. The molecule has 0 unspecified atom stereocenters. The summed E-state index contributed by atoms with van der Waals surface area (Å²) in [4.78, 5) is 24.9. The fourth-order valence-electron chi connectivity index (χ4n) is 3.44. The predicted octanol–water partition coefficient (Wildman–Crippen LogP) is 5.37. The van der Waals surface area contributed by atoms with Crippen LogP contribution in [0, 0.1) is 12.8 Å². The SMILES string of the molecule is Cc1c(C(=O)NNC(=O)C2CCC2)nn(-c2ccc(Cl)cc2Cl)c1-c1ccc(Cl)cc1. The maximum absolute atomic E-state index is 12.8. The number of amides is 2. The van der Waals surface area contributed by atoms with Crippen LogP contribution in [0.1, 0.15) is 35.3 Å². The highest BCUT2D eigenvalue weighted by Crippen LogP contribution is 2.33. The van der Waals surface area contributed by atoms with Crippen LogP contribution in [-0.4, -0.2) is 21.6 Å². The molecule has 160 valence electrons. The van der Waals surface area contributed by atoms with Gasteiger partial charge in [-0.3, -0.25) is 20.4 Å². The standard InChI is InChI=1S/C22H19Cl3N4O2/c1-12-19(22(31)27-26-21(30)14-3-2-4-14)28-29(18-10-9-16(24)11-17(18)25)20(12)13-5-7-15(23)8-6-13/h5-11,14H,2-4H2,1H3,(H,26,30)(H,27,31). The highest BCUT2D eigenvalue weighted by Gasteiger charge is 2.27. The number of rotatable bonds is 4. The number of nitrogens with zero attached hydrogens (tertiary/aromatic N) is 2. The Morgan fingerprint density at radius 1 is 1.00 bits per heavy atom. The fraction of sp³-hybridized carbons (Fsp3) is 0.227. The van der Waals surface area contributed by atoms with Crippen LogP contribution in [0.5, 0.6) is 0 Å². The first-order chi connectivity index (χ1) is 14.8. The lowest BCUT2D eigenvalue weighted by molar-refractivity contribution is -0.128. The van der Waals surface area contributed by atoms with Crippen molar-refractivity contribution in [2.45, 2.75) is 26.2 Å². The number of carbonyl (C=O) groups is 2. The maximum atomic E-state index is 12.8. The number of halogens is 3. The summed E-state index contributed by atoms with van der Waals surface area (Å²) in [5.41, 5.74) is 7.82. The highest BCUT2D eigenvalue weighted by atomic mass is 35.5. The van der Waals surface area contributed by atoms with Crippen molar-refractivity contribution in [1.29, 1.82) is 0 Å². The summed E-state index contributed by atoms with van der Waals surface area (Å²) < 4.78 is 1.60. The molecule has 31 heavy (non-hydrogen) atoms. The molecule has 0 aliphatic heterocycles. The lowest BCUT2D eigenvalue weighted by atomic mass is 9.85. The Balaban J connectivity index is 1.73. The van der Waals surface area contributed by atoms with Crippen molar-refractivity contribution >= 4 is 46.6 Å². The number of carbonyl (C=O) groups excluding carboxylic acids is 2. The Hall–Kier alpha value is -2.54. The largest absolute Gasteiger partial charge is 0.290 e. The van der Waals surface area contributed by atoms with E-state index >= 15 is 0 Å². The molecule has 1 heterocycles. The van der Waals surface area contributed by atoms with Gasteiger partial charge in [0.25, 0.3) is 5.91 Å². The van der Waals surface area contributed by atoms with E-state index in [1.165, 1.54) is 0 Å². The minimum absolute atomic E-state index is 0.0449. The molecule has 1 aliphatic rings. The molecule has 0 atom stereocenters. The van der Waals surface area contributed by atoms with Gasteiger partial charge < -0.3 is 0 Å². The molecule has 3 aromatic rings. The molecule has 1 aliphatic carbocycles. The van der Waals surface area contributed by atoms with E-state index in [0.717, 1.165) is 24.8 Å². The molecule has 1 fully saturated rings. The Morgan fingerprint density at radius 3 is 2.29 bits per heavy atom. The average Bonchev–Trinajstić information content (AvgIpc) is 3.02. The molecule has 0 saturated heterocycles. The van der Waals surface area contributed by atoms with Gasteiger partial charge in [0.15, 0.2) is 5.69 Å². The first-order valence-corrected chi connectivity index (χ1v) is 10.9. The molecule has 1 aromatic heterocycles. The van der Waals surface area contributed by atoms with Crippen LogP contribution < -0.4 is 10.9 Å². The van der Waals surface area contributed by atoms with Gasteiger partial charge in [0, 0.05) is 27.1 Å². The van der Waals surface area contributed by atoms with Crippen molar-refractivity contribution in [1.82, 2.24) is 20.6 Å². The third-order valence-corrected chi connectivity index (χ3v) is 6.16. The Morgan fingerprint density at radius 2 is 1.68 bits per heavy atom. The molecular formula is C22H19Cl3N4O2. The monoisotopic (exact) mass is 476 g/mol. The summed E-state index contributed by atoms with van der Waals surface area (Å²) in [6.45, 7) is 1.79. The number of aromatic nitrogens is 2. The number of hydrazine groups is 1. The summed E-state index contributed by atoms with van der Waals surface area (Å²) in [5.74, 6) is -0.740. The molecule has 2 N–H and O–H groups in total. The Bertz CT molecular complexity index is 1150.